The smallest absolute Gasteiger partial charge is 0.142 e. The molecule has 0 aliphatic carbocycles. The van der Waals surface area contributed by atoms with Gasteiger partial charge in [0.05, 0.1) is 12.1 Å². The zero-order valence-corrected chi connectivity index (χ0v) is 6.32. The normalized spacial score (nSPS) is 47.9. The SMILES string of the molecule is B[C@@H]1O[C@H](CC)C(O)[C@@H]1O. The van der Waals surface area contributed by atoms with Crippen LogP contribution in [0, 0.1) is 0 Å². The van der Waals surface area contributed by atoms with Crippen molar-refractivity contribution >= 4 is 7.85 Å². The van der Waals surface area contributed by atoms with Crippen LogP contribution in [-0.2, 0) is 4.74 Å². The molecule has 1 saturated heterocycles. The van der Waals surface area contributed by atoms with Crippen molar-refractivity contribution in [3.63, 3.8) is 0 Å². The van der Waals surface area contributed by atoms with Crippen LogP contribution >= 0.6 is 0 Å². The highest BCUT2D eigenvalue weighted by atomic mass is 16.5. The topological polar surface area (TPSA) is 49.7 Å². The Labute approximate surface area is 61.4 Å². The molecule has 1 unspecified atom stereocenters. The first-order valence-electron chi connectivity index (χ1n) is 3.68. The van der Waals surface area contributed by atoms with E-state index in [1.807, 2.05) is 6.92 Å². The maximum Gasteiger partial charge on any atom is 0.142 e. The highest BCUT2D eigenvalue weighted by Gasteiger charge is 2.38. The summed E-state index contributed by atoms with van der Waals surface area (Å²) in [6, 6.07) is -0.222. The van der Waals surface area contributed by atoms with Gasteiger partial charge in [-0.15, -0.1) is 0 Å². The Balaban J connectivity index is 2.53. The van der Waals surface area contributed by atoms with Gasteiger partial charge in [0.1, 0.15) is 20.1 Å². The number of hydrogen-bond donors (Lipinski definition) is 2. The average molecular weight is 144 g/mol. The first kappa shape index (κ1) is 8.05. The molecule has 0 spiro atoms. The van der Waals surface area contributed by atoms with Crippen molar-refractivity contribution in [1.29, 1.82) is 0 Å². The lowest BCUT2D eigenvalue weighted by molar-refractivity contribution is 0.0210. The minimum atomic E-state index is -0.704. The third-order valence-electron chi connectivity index (χ3n) is 2.00. The molecule has 4 atom stereocenters. The van der Waals surface area contributed by atoms with Crippen LogP contribution < -0.4 is 0 Å². The van der Waals surface area contributed by atoms with Crippen LogP contribution in [0.1, 0.15) is 13.3 Å². The van der Waals surface area contributed by atoms with Gasteiger partial charge in [-0.25, -0.2) is 0 Å². The molecule has 1 aliphatic rings. The molecule has 1 aliphatic heterocycles. The summed E-state index contributed by atoms with van der Waals surface area (Å²) in [4.78, 5) is 0. The summed E-state index contributed by atoms with van der Waals surface area (Å²) >= 11 is 0. The van der Waals surface area contributed by atoms with E-state index in [2.05, 4.69) is 0 Å². The van der Waals surface area contributed by atoms with E-state index in [0.29, 0.717) is 0 Å². The summed E-state index contributed by atoms with van der Waals surface area (Å²) in [5.74, 6) is 0. The number of rotatable bonds is 1. The van der Waals surface area contributed by atoms with Crippen LogP contribution in [0.3, 0.4) is 0 Å². The van der Waals surface area contributed by atoms with Crippen molar-refractivity contribution in [3.8, 4) is 0 Å². The Kier molecular flexibility index (Phi) is 2.34. The first-order valence-corrected chi connectivity index (χ1v) is 3.68. The molecule has 0 amide bonds. The van der Waals surface area contributed by atoms with Gasteiger partial charge < -0.3 is 14.9 Å². The van der Waals surface area contributed by atoms with Crippen molar-refractivity contribution in [2.45, 2.75) is 37.7 Å². The lowest BCUT2D eigenvalue weighted by Crippen LogP contribution is -2.32. The number of aliphatic hydroxyl groups excluding tert-OH is 2. The summed E-state index contributed by atoms with van der Waals surface area (Å²) in [7, 11) is 1.77. The molecule has 0 radical (unpaired) electrons. The van der Waals surface area contributed by atoms with Crippen LogP contribution in [0.15, 0.2) is 0 Å². The number of hydrogen-bond acceptors (Lipinski definition) is 3. The van der Waals surface area contributed by atoms with Crippen LogP contribution in [-0.4, -0.2) is 42.4 Å². The molecule has 4 heteroatoms. The zero-order chi connectivity index (χ0) is 7.72. The molecule has 2 N–H and O–H groups in total. The van der Waals surface area contributed by atoms with E-state index >= 15 is 0 Å². The third-order valence-corrected chi connectivity index (χ3v) is 2.00. The molecule has 1 rings (SSSR count). The summed E-state index contributed by atoms with van der Waals surface area (Å²) in [6.45, 7) is 1.93. The van der Waals surface area contributed by atoms with Gasteiger partial charge >= 0.3 is 0 Å². The van der Waals surface area contributed by atoms with Crippen molar-refractivity contribution in [2.24, 2.45) is 0 Å². The Morgan fingerprint density at radius 1 is 1.40 bits per heavy atom. The molecule has 10 heavy (non-hydrogen) atoms. The molecule has 0 aromatic heterocycles. The zero-order valence-electron chi connectivity index (χ0n) is 6.32. The first-order chi connectivity index (χ1) is 4.66. The van der Waals surface area contributed by atoms with Crippen molar-refractivity contribution < 1.29 is 14.9 Å². The lowest BCUT2D eigenvalue weighted by atomic mass is 9.93. The van der Waals surface area contributed by atoms with Crippen molar-refractivity contribution in [1.82, 2.24) is 0 Å². The van der Waals surface area contributed by atoms with Gasteiger partial charge in [0, 0.05) is 0 Å². The fourth-order valence-electron chi connectivity index (χ4n) is 1.27. The Morgan fingerprint density at radius 2 is 2.00 bits per heavy atom. The second kappa shape index (κ2) is 2.90. The van der Waals surface area contributed by atoms with Gasteiger partial charge in [0.2, 0.25) is 0 Å². The van der Waals surface area contributed by atoms with Crippen LogP contribution in [0.5, 0.6) is 0 Å². The quantitative estimate of drug-likeness (QED) is 0.439. The van der Waals surface area contributed by atoms with E-state index in [1.165, 1.54) is 0 Å². The standard InChI is InChI=1S/C6H13BO3/c1-2-3-4(8)5(9)6(7)10-3/h3-6,8-9H,2,7H2,1H3/t3-,4?,5+,6-/m1/s1. The van der Waals surface area contributed by atoms with Crippen molar-refractivity contribution in [2.75, 3.05) is 0 Å². The Hall–Kier alpha value is -0.0551. The average Bonchev–Trinajstić information content (AvgIpc) is 2.17. The van der Waals surface area contributed by atoms with Gasteiger partial charge in [-0.3, -0.25) is 0 Å². The van der Waals surface area contributed by atoms with E-state index in [0.717, 1.165) is 6.42 Å². The maximum absolute atomic E-state index is 9.25. The fourth-order valence-corrected chi connectivity index (χ4v) is 1.27. The van der Waals surface area contributed by atoms with E-state index in [9.17, 15) is 10.2 Å². The fraction of sp³-hybridized carbons (Fsp3) is 1.00. The molecule has 58 valence electrons. The summed E-state index contributed by atoms with van der Waals surface area (Å²) in [5.41, 5.74) is 0. The van der Waals surface area contributed by atoms with Gasteiger partial charge in [0.15, 0.2) is 0 Å². The molecular formula is C6H13BO3. The van der Waals surface area contributed by atoms with Crippen LogP contribution in [0.2, 0.25) is 0 Å². The Morgan fingerprint density at radius 3 is 2.20 bits per heavy atom. The van der Waals surface area contributed by atoms with Gasteiger partial charge in [-0.1, -0.05) is 6.92 Å². The summed E-state index contributed by atoms with van der Waals surface area (Å²) in [6.07, 6.45) is -0.822. The van der Waals surface area contributed by atoms with Gasteiger partial charge in [-0.05, 0) is 6.42 Å². The predicted octanol–water partition coefficient (Wildman–Crippen LogP) is -1.52. The highest BCUT2D eigenvalue weighted by molar-refractivity contribution is 6.11. The van der Waals surface area contributed by atoms with Gasteiger partial charge in [0.25, 0.3) is 0 Å². The van der Waals surface area contributed by atoms with E-state index < -0.39 is 12.2 Å². The molecule has 0 aromatic carbocycles. The van der Waals surface area contributed by atoms with E-state index in [1.54, 1.807) is 7.85 Å². The lowest BCUT2D eigenvalue weighted by Gasteiger charge is -2.11. The molecule has 0 aromatic rings. The largest absolute Gasteiger partial charge is 0.388 e. The third kappa shape index (κ3) is 1.19. The number of ether oxygens (including phenoxy) is 1. The monoisotopic (exact) mass is 144 g/mol. The second-order valence-electron chi connectivity index (χ2n) is 2.77. The van der Waals surface area contributed by atoms with Crippen molar-refractivity contribution in [3.05, 3.63) is 0 Å². The molecule has 0 bridgehead atoms. The molecule has 1 heterocycles. The molecule has 0 saturated carbocycles. The minimum Gasteiger partial charge on any atom is -0.388 e. The second-order valence-corrected chi connectivity index (χ2v) is 2.77. The molecule has 1 fully saturated rings. The molecule has 3 nitrogen and oxygen atoms in total. The number of aliphatic hydroxyl groups is 2. The van der Waals surface area contributed by atoms with Gasteiger partial charge in [-0.2, -0.15) is 0 Å². The Bertz CT molecular complexity index is 120. The maximum atomic E-state index is 9.25. The summed E-state index contributed by atoms with van der Waals surface area (Å²) in [5, 5.41) is 18.4. The predicted molar refractivity (Wildman–Crippen MR) is 39.5 cm³/mol. The van der Waals surface area contributed by atoms with Crippen LogP contribution in [0.25, 0.3) is 0 Å². The highest BCUT2D eigenvalue weighted by Crippen LogP contribution is 2.20. The minimum absolute atomic E-state index is 0.176. The van der Waals surface area contributed by atoms with Crippen LogP contribution in [0.4, 0.5) is 0 Å². The van der Waals surface area contributed by atoms with E-state index in [4.69, 9.17) is 4.74 Å². The molecular weight excluding hydrogens is 131 g/mol. The summed E-state index contributed by atoms with van der Waals surface area (Å²) < 4.78 is 5.23. The van der Waals surface area contributed by atoms with E-state index in [-0.39, 0.29) is 12.1 Å².